The van der Waals surface area contributed by atoms with Crippen LogP contribution >= 0.6 is 15.9 Å². The van der Waals surface area contributed by atoms with E-state index >= 15 is 0 Å². The minimum absolute atomic E-state index is 0.0559. The summed E-state index contributed by atoms with van der Waals surface area (Å²) in [5.41, 5.74) is 2.07. The molecule has 4 heteroatoms. The number of amides is 1. The minimum atomic E-state index is -0.291. The fourth-order valence-corrected chi connectivity index (χ4v) is 3.17. The van der Waals surface area contributed by atoms with Crippen LogP contribution in [0.1, 0.15) is 24.0 Å². The molecule has 0 saturated heterocycles. The first-order valence-corrected chi connectivity index (χ1v) is 9.55. The van der Waals surface area contributed by atoms with Crippen LogP contribution in [0.2, 0.25) is 0 Å². The zero-order chi connectivity index (χ0) is 17.9. The van der Waals surface area contributed by atoms with Crippen LogP contribution in [0.4, 0.5) is 4.79 Å². The summed E-state index contributed by atoms with van der Waals surface area (Å²) in [6.07, 6.45) is 3.15. The van der Waals surface area contributed by atoms with Gasteiger partial charge in [-0.05, 0) is 24.0 Å². The second kappa shape index (κ2) is 10.7. The van der Waals surface area contributed by atoms with Crippen molar-refractivity contribution < 1.29 is 9.53 Å². The van der Waals surface area contributed by atoms with E-state index in [4.69, 9.17) is 4.74 Å². The van der Waals surface area contributed by atoms with Crippen molar-refractivity contribution in [3.63, 3.8) is 0 Å². The molecule has 0 N–H and O–H groups in total. The SMILES string of the molecule is C=CCC(CCBr)N(Cc1ccccc1)C(=O)OCc1ccccc1. The molecule has 0 aromatic heterocycles. The maximum absolute atomic E-state index is 12.8. The molecule has 1 amide bonds. The molecule has 2 aromatic carbocycles. The van der Waals surface area contributed by atoms with Gasteiger partial charge in [0.2, 0.25) is 0 Å². The van der Waals surface area contributed by atoms with Crippen LogP contribution in [0.25, 0.3) is 0 Å². The predicted molar refractivity (Wildman–Crippen MR) is 106 cm³/mol. The van der Waals surface area contributed by atoms with E-state index in [1.807, 2.05) is 66.7 Å². The van der Waals surface area contributed by atoms with E-state index in [1.165, 1.54) is 0 Å². The van der Waals surface area contributed by atoms with Gasteiger partial charge in [-0.2, -0.15) is 0 Å². The first-order valence-electron chi connectivity index (χ1n) is 8.42. The molecule has 1 unspecified atom stereocenters. The quantitative estimate of drug-likeness (QED) is 0.406. The zero-order valence-corrected chi connectivity index (χ0v) is 15.9. The smallest absolute Gasteiger partial charge is 0.410 e. The van der Waals surface area contributed by atoms with E-state index in [1.54, 1.807) is 4.90 Å². The van der Waals surface area contributed by atoms with Crippen molar-refractivity contribution in [2.24, 2.45) is 0 Å². The third kappa shape index (κ3) is 6.39. The van der Waals surface area contributed by atoms with Crippen LogP contribution in [0.3, 0.4) is 0 Å². The van der Waals surface area contributed by atoms with E-state index in [2.05, 4.69) is 22.5 Å². The molecule has 0 spiro atoms. The van der Waals surface area contributed by atoms with Gasteiger partial charge >= 0.3 is 6.09 Å². The van der Waals surface area contributed by atoms with Crippen molar-refractivity contribution in [2.75, 3.05) is 5.33 Å². The molecular weight excluding hydrogens is 378 g/mol. The number of hydrogen-bond donors (Lipinski definition) is 0. The zero-order valence-electron chi connectivity index (χ0n) is 14.3. The lowest BCUT2D eigenvalue weighted by Gasteiger charge is -2.30. The summed E-state index contributed by atoms with van der Waals surface area (Å²) in [4.78, 5) is 14.6. The van der Waals surface area contributed by atoms with Crippen LogP contribution in [-0.4, -0.2) is 22.4 Å². The van der Waals surface area contributed by atoms with Crippen molar-refractivity contribution in [1.29, 1.82) is 0 Å². The summed E-state index contributed by atoms with van der Waals surface area (Å²) >= 11 is 3.49. The van der Waals surface area contributed by atoms with Gasteiger partial charge in [0.05, 0.1) is 0 Å². The van der Waals surface area contributed by atoms with Crippen molar-refractivity contribution in [2.45, 2.75) is 32.0 Å². The van der Waals surface area contributed by atoms with Gasteiger partial charge in [0.25, 0.3) is 0 Å². The third-order valence-electron chi connectivity index (χ3n) is 3.96. The summed E-state index contributed by atoms with van der Waals surface area (Å²) in [6.45, 7) is 4.64. The van der Waals surface area contributed by atoms with Gasteiger partial charge < -0.3 is 9.64 Å². The van der Waals surface area contributed by atoms with Gasteiger partial charge in [0.1, 0.15) is 6.61 Å². The van der Waals surface area contributed by atoms with Crippen molar-refractivity contribution in [3.8, 4) is 0 Å². The Morgan fingerprint density at radius 2 is 1.68 bits per heavy atom. The molecular formula is C21H24BrNO2. The molecule has 0 aliphatic carbocycles. The molecule has 1 atom stereocenters. The lowest BCUT2D eigenvalue weighted by molar-refractivity contribution is 0.0766. The topological polar surface area (TPSA) is 29.5 Å². The maximum Gasteiger partial charge on any atom is 0.410 e. The van der Waals surface area contributed by atoms with E-state index in [-0.39, 0.29) is 18.7 Å². The monoisotopic (exact) mass is 401 g/mol. The largest absolute Gasteiger partial charge is 0.445 e. The van der Waals surface area contributed by atoms with E-state index < -0.39 is 0 Å². The molecule has 0 fully saturated rings. The Morgan fingerprint density at radius 3 is 2.24 bits per heavy atom. The fourth-order valence-electron chi connectivity index (χ4n) is 2.64. The van der Waals surface area contributed by atoms with Crippen LogP contribution < -0.4 is 0 Å². The van der Waals surface area contributed by atoms with Gasteiger partial charge in [-0.3, -0.25) is 0 Å². The average molecular weight is 402 g/mol. The Morgan fingerprint density at radius 1 is 1.08 bits per heavy atom. The van der Waals surface area contributed by atoms with Crippen molar-refractivity contribution in [1.82, 2.24) is 4.90 Å². The Bertz CT molecular complexity index is 645. The van der Waals surface area contributed by atoms with Crippen LogP contribution in [0, 0.1) is 0 Å². The number of alkyl halides is 1. The highest BCUT2D eigenvalue weighted by atomic mass is 79.9. The number of carbonyl (C=O) groups excluding carboxylic acids is 1. The fraction of sp³-hybridized carbons (Fsp3) is 0.286. The molecule has 0 heterocycles. The summed E-state index contributed by atoms with van der Waals surface area (Å²) < 4.78 is 5.57. The average Bonchev–Trinajstić information content (AvgIpc) is 2.66. The summed E-state index contributed by atoms with van der Waals surface area (Å²) in [5, 5.41) is 0.822. The van der Waals surface area contributed by atoms with E-state index in [9.17, 15) is 4.79 Å². The van der Waals surface area contributed by atoms with E-state index in [0.717, 1.165) is 29.3 Å². The molecule has 0 radical (unpaired) electrons. The highest BCUT2D eigenvalue weighted by molar-refractivity contribution is 9.09. The summed E-state index contributed by atoms with van der Waals surface area (Å²) in [6, 6.07) is 19.8. The normalized spacial score (nSPS) is 11.6. The molecule has 0 aliphatic rings. The van der Waals surface area contributed by atoms with Gasteiger partial charge in [0.15, 0.2) is 0 Å². The van der Waals surface area contributed by atoms with Gasteiger partial charge in [-0.15, -0.1) is 6.58 Å². The first kappa shape index (κ1) is 19.3. The van der Waals surface area contributed by atoms with Crippen LogP contribution in [0.15, 0.2) is 73.3 Å². The number of carbonyl (C=O) groups is 1. The van der Waals surface area contributed by atoms with Crippen LogP contribution in [0.5, 0.6) is 0 Å². The number of halogens is 1. The van der Waals surface area contributed by atoms with Gasteiger partial charge in [0, 0.05) is 17.9 Å². The predicted octanol–water partition coefficient (Wildman–Crippen LogP) is 5.56. The number of benzene rings is 2. The Kier molecular flexibility index (Phi) is 8.26. The lowest BCUT2D eigenvalue weighted by atomic mass is 10.1. The molecule has 0 saturated carbocycles. The molecule has 2 rings (SSSR count). The Hall–Kier alpha value is -2.07. The lowest BCUT2D eigenvalue weighted by Crippen LogP contribution is -2.40. The number of nitrogens with zero attached hydrogens (tertiary/aromatic N) is 1. The molecule has 132 valence electrons. The summed E-state index contributed by atoms with van der Waals surface area (Å²) in [5.74, 6) is 0. The van der Waals surface area contributed by atoms with Crippen molar-refractivity contribution in [3.05, 3.63) is 84.4 Å². The maximum atomic E-state index is 12.8. The molecule has 0 bridgehead atoms. The van der Waals surface area contributed by atoms with Gasteiger partial charge in [-0.25, -0.2) is 4.79 Å². The van der Waals surface area contributed by atoms with Crippen molar-refractivity contribution >= 4 is 22.0 Å². The molecule has 0 aliphatic heterocycles. The minimum Gasteiger partial charge on any atom is -0.445 e. The number of rotatable bonds is 9. The first-order chi connectivity index (χ1) is 12.2. The standard InChI is InChI=1S/C21H24BrNO2/c1-2-9-20(14-15-22)23(16-18-10-5-3-6-11-18)21(24)25-17-19-12-7-4-8-13-19/h2-8,10-13,20H,1,9,14-17H2. The summed E-state index contributed by atoms with van der Waals surface area (Å²) in [7, 11) is 0. The third-order valence-corrected chi connectivity index (χ3v) is 4.42. The molecule has 25 heavy (non-hydrogen) atoms. The highest BCUT2D eigenvalue weighted by Crippen LogP contribution is 2.17. The van der Waals surface area contributed by atoms with Gasteiger partial charge in [-0.1, -0.05) is 82.7 Å². The van der Waals surface area contributed by atoms with E-state index in [0.29, 0.717) is 6.54 Å². The molecule has 3 nitrogen and oxygen atoms in total. The second-order valence-corrected chi connectivity index (χ2v) is 6.60. The number of ether oxygens (including phenoxy) is 1. The Balaban J connectivity index is 2.10. The second-order valence-electron chi connectivity index (χ2n) is 5.81. The Labute approximate surface area is 158 Å². The molecule has 2 aromatic rings. The van der Waals surface area contributed by atoms with Crippen LogP contribution in [-0.2, 0) is 17.9 Å². The number of hydrogen-bond acceptors (Lipinski definition) is 2. The highest BCUT2D eigenvalue weighted by Gasteiger charge is 2.24.